The molecule has 2 aromatic carbocycles. The Kier molecular flexibility index (Phi) is 7.14. The summed E-state index contributed by atoms with van der Waals surface area (Å²) in [6.45, 7) is 1.07. The fraction of sp³-hybridized carbons (Fsp3) is 0.280. The lowest BCUT2D eigenvalue weighted by atomic mass is 9.89. The maximum Gasteiger partial charge on any atom is 0.271 e. The Balaban J connectivity index is 1.59. The minimum atomic E-state index is -0.420. The lowest BCUT2D eigenvalue weighted by molar-refractivity contribution is 0.0713. The molecule has 0 saturated carbocycles. The monoisotopic (exact) mass is 503 g/mol. The summed E-state index contributed by atoms with van der Waals surface area (Å²) in [4.78, 5) is 27.8. The molecule has 0 bridgehead atoms. The van der Waals surface area contributed by atoms with Gasteiger partial charge in [0.2, 0.25) is 0 Å². The summed E-state index contributed by atoms with van der Waals surface area (Å²) >= 11 is 12.5. The molecule has 0 spiro atoms. The molecule has 3 aromatic rings. The van der Waals surface area contributed by atoms with Gasteiger partial charge in [-0.3, -0.25) is 9.59 Å². The first-order valence-electron chi connectivity index (χ1n) is 10.8. The van der Waals surface area contributed by atoms with Crippen LogP contribution < -0.4 is 15.6 Å². The number of nitrogens with one attached hydrogen (secondary N) is 1. The molecule has 1 fully saturated rings. The number of piperidine rings is 1. The smallest absolute Gasteiger partial charge is 0.271 e. The largest absolute Gasteiger partial charge is 0.495 e. The van der Waals surface area contributed by atoms with Crippen LogP contribution in [0.4, 0.5) is 15.8 Å². The molecule has 6 nitrogen and oxygen atoms in total. The lowest BCUT2D eigenvalue weighted by Gasteiger charge is -2.33. The van der Waals surface area contributed by atoms with Gasteiger partial charge in [-0.1, -0.05) is 35.3 Å². The van der Waals surface area contributed by atoms with Gasteiger partial charge in [0.1, 0.15) is 16.6 Å². The number of halogens is 3. The predicted molar refractivity (Wildman–Crippen MR) is 132 cm³/mol. The van der Waals surface area contributed by atoms with Gasteiger partial charge >= 0.3 is 0 Å². The second-order valence-electron chi connectivity index (χ2n) is 8.24. The first-order valence-corrected chi connectivity index (χ1v) is 11.6. The highest BCUT2D eigenvalue weighted by Gasteiger charge is 2.28. The average Bonchev–Trinajstić information content (AvgIpc) is 2.85. The maximum absolute atomic E-state index is 13.5. The van der Waals surface area contributed by atoms with E-state index in [4.69, 9.17) is 27.9 Å². The summed E-state index contributed by atoms with van der Waals surface area (Å²) in [5.41, 5.74) is 1.75. The molecule has 4 rings (SSSR count). The molecule has 0 unspecified atom stereocenters. The van der Waals surface area contributed by atoms with Crippen LogP contribution >= 0.6 is 23.2 Å². The topological polar surface area (TPSA) is 63.6 Å². The van der Waals surface area contributed by atoms with Gasteiger partial charge in [0.25, 0.3) is 11.5 Å². The third-order valence-electron chi connectivity index (χ3n) is 6.09. The van der Waals surface area contributed by atoms with E-state index in [9.17, 15) is 14.0 Å². The molecule has 0 atom stereocenters. The van der Waals surface area contributed by atoms with Gasteiger partial charge in [-0.15, -0.1) is 0 Å². The predicted octanol–water partition coefficient (Wildman–Crippen LogP) is 5.60. The van der Waals surface area contributed by atoms with Gasteiger partial charge < -0.3 is 19.5 Å². The van der Waals surface area contributed by atoms with Crippen LogP contribution in [-0.2, 0) is 7.05 Å². The van der Waals surface area contributed by atoms with E-state index in [1.165, 1.54) is 30.0 Å². The van der Waals surface area contributed by atoms with Crippen LogP contribution in [-0.4, -0.2) is 35.6 Å². The van der Waals surface area contributed by atoms with E-state index in [2.05, 4.69) is 5.32 Å². The highest BCUT2D eigenvalue weighted by molar-refractivity contribution is 6.34. The van der Waals surface area contributed by atoms with Crippen LogP contribution in [0.5, 0.6) is 5.75 Å². The molecule has 2 heterocycles. The van der Waals surface area contributed by atoms with Crippen molar-refractivity contribution < 1.29 is 13.9 Å². The number of ether oxygens (including phenoxy) is 1. The van der Waals surface area contributed by atoms with Gasteiger partial charge in [-0.2, -0.15) is 0 Å². The third kappa shape index (κ3) is 4.91. The summed E-state index contributed by atoms with van der Waals surface area (Å²) in [5, 5.41) is 3.46. The number of rotatable bonds is 5. The number of hydrogen-bond acceptors (Lipinski definition) is 4. The summed E-state index contributed by atoms with van der Waals surface area (Å²) in [6.07, 6.45) is 3.01. The number of aryl methyl sites for hydroxylation is 1. The number of amides is 1. The summed E-state index contributed by atoms with van der Waals surface area (Å²) < 4.78 is 19.8. The van der Waals surface area contributed by atoms with Crippen molar-refractivity contribution in [3.8, 4) is 5.75 Å². The van der Waals surface area contributed by atoms with Crippen LogP contribution in [0.3, 0.4) is 0 Å². The molecular weight excluding hydrogens is 480 g/mol. The van der Waals surface area contributed by atoms with Crippen molar-refractivity contribution in [2.75, 3.05) is 25.5 Å². The molecule has 1 aliphatic heterocycles. The zero-order valence-electron chi connectivity index (χ0n) is 18.8. The van der Waals surface area contributed by atoms with E-state index < -0.39 is 5.56 Å². The van der Waals surface area contributed by atoms with Gasteiger partial charge in [0, 0.05) is 38.1 Å². The molecule has 1 saturated heterocycles. The Morgan fingerprint density at radius 1 is 1.12 bits per heavy atom. The lowest BCUT2D eigenvalue weighted by Crippen LogP contribution is -2.39. The van der Waals surface area contributed by atoms with Crippen LogP contribution in [0.25, 0.3) is 0 Å². The minimum absolute atomic E-state index is 0.0801. The number of benzene rings is 2. The zero-order valence-corrected chi connectivity index (χ0v) is 20.3. The van der Waals surface area contributed by atoms with Crippen molar-refractivity contribution >= 4 is 40.5 Å². The Morgan fingerprint density at radius 2 is 1.79 bits per heavy atom. The first kappa shape index (κ1) is 24.1. The fourth-order valence-corrected chi connectivity index (χ4v) is 4.66. The average molecular weight is 504 g/mol. The molecule has 1 amide bonds. The molecule has 1 aliphatic rings. The zero-order chi connectivity index (χ0) is 24.4. The fourth-order valence-electron chi connectivity index (χ4n) is 4.18. The van der Waals surface area contributed by atoms with Gasteiger partial charge in [-0.05, 0) is 48.6 Å². The molecule has 9 heteroatoms. The molecule has 178 valence electrons. The van der Waals surface area contributed by atoms with Gasteiger partial charge in [-0.25, -0.2) is 4.39 Å². The Hall–Kier alpha value is -3.03. The van der Waals surface area contributed by atoms with E-state index in [0.717, 1.165) is 18.4 Å². The second kappa shape index (κ2) is 10.1. The summed E-state index contributed by atoms with van der Waals surface area (Å²) in [5.74, 6) is 0.217. The molecular formula is C25H24Cl2FN3O3. The number of pyridine rings is 1. The number of hydrogen-bond donors (Lipinski definition) is 1. The van der Waals surface area contributed by atoms with Crippen LogP contribution in [0.2, 0.25) is 10.0 Å². The quantitative estimate of drug-likeness (QED) is 0.491. The van der Waals surface area contributed by atoms with E-state index in [-0.39, 0.29) is 28.4 Å². The van der Waals surface area contributed by atoms with Gasteiger partial charge in [0.05, 0.1) is 23.4 Å². The van der Waals surface area contributed by atoms with Crippen LogP contribution in [0, 0.1) is 5.82 Å². The van der Waals surface area contributed by atoms with Crippen molar-refractivity contribution in [2.24, 2.45) is 7.05 Å². The molecule has 1 aromatic heterocycles. The summed E-state index contributed by atoms with van der Waals surface area (Å²) in [7, 11) is 3.06. The van der Waals surface area contributed by atoms with Crippen molar-refractivity contribution in [2.45, 2.75) is 18.8 Å². The Labute approximate surface area is 206 Å². The van der Waals surface area contributed by atoms with E-state index in [0.29, 0.717) is 35.1 Å². The number of aromatic nitrogens is 1. The van der Waals surface area contributed by atoms with Crippen molar-refractivity contribution in [1.29, 1.82) is 0 Å². The summed E-state index contributed by atoms with van der Waals surface area (Å²) in [6, 6.07) is 11.5. The number of anilines is 2. The van der Waals surface area contributed by atoms with Crippen molar-refractivity contribution in [3.63, 3.8) is 0 Å². The number of methoxy groups -OCH3 is 1. The van der Waals surface area contributed by atoms with Crippen molar-refractivity contribution in [3.05, 3.63) is 86.0 Å². The minimum Gasteiger partial charge on any atom is -0.495 e. The molecule has 1 N–H and O–H groups in total. The number of nitrogens with zero attached hydrogens (tertiary/aromatic N) is 2. The first-order chi connectivity index (χ1) is 16.3. The second-order valence-corrected chi connectivity index (χ2v) is 9.03. The van der Waals surface area contributed by atoms with Crippen molar-refractivity contribution in [1.82, 2.24) is 9.47 Å². The van der Waals surface area contributed by atoms with E-state index in [1.54, 1.807) is 42.3 Å². The van der Waals surface area contributed by atoms with E-state index in [1.807, 2.05) is 0 Å². The molecule has 0 aliphatic carbocycles. The Morgan fingerprint density at radius 3 is 2.44 bits per heavy atom. The standard InChI is InChI=1S/C25H24Cl2FN3O3/c1-30-14-19(23(22(27)25(30)33)29-18-7-8-20(26)21(13-18)34-2)24(32)31-11-9-16(10-12-31)15-3-5-17(28)6-4-15/h3-8,13-14,16,29H,9-12H2,1-2H3. The maximum atomic E-state index is 13.5. The number of carbonyl (C=O) groups is 1. The Bertz CT molecular complexity index is 1270. The highest BCUT2D eigenvalue weighted by atomic mass is 35.5. The van der Waals surface area contributed by atoms with E-state index >= 15 is 0 Å². The van der Waals surface area contributed by atoms with Crippen LogP contribution in [0.1, 0.15) is 34.7 Å². The molecule has 34 heavy (non-hydrogen) atoms. The van der Waals surface area contributed by atoms with Gasteiger partial charge in [0.15, 0.2) is 0 Å². The third-order valence-corrected chi connectivity index (χ3v) is 6.76. The number of likely N-dealkylation sites (tertiary alicyclic amines) is 1. The number of carbonyl (C=O) groups excluding carboxylic acids is 1. The molecule has 0 radical (unpaired) electrons. The normalized spacial score (nSPS) is 14.2. The van der Waals surface area contributed by atoms with Crippen LogP contribution in [0.15, 0.2) is 53.5 Å². The highest BCUT2D eigenvalue weighted by Crippen LogP contribution is 2.34. The SMILES string of the molecule is COc1cc(Nc2c(C(=O)N3CCC(c4ccc(F)cc4)CC3)cn(C)c(=O)c2Cl)ccc1Cl.